The molecule has 0 unspecified atom stereocenters. The molecule has 0 aromatic rings. The third-order valence-electron chi connectivity index (χ3n) is 3.67. The third-order valence-corrected chi connectivity index (χ3v) is 15.2. The highest BCUT2D eigenvalue weighted by atomic mass is 32.2. The second-order valence-corrected chi connectivity index (χ2v) is 20.0. The molecular formula is C22H40O10S11. The van der Waals surface area contributed by atoms with Gasteiger partial charge < -0.3 is 24.4 Å². The molecule has 0 aliphatic rings. The number of hydrogen-bond donors (Lipinski definition) is 2. The molecule has 0 spiro atoms. The lowest BCUT2D eigenvalue weighted by Gasteiger charge is -2.06. The second-order valence-electron chi connectivity index (χ2n) is 6.95. The minimum absolute atomic E-state index is 0.0661. The van der Waals surface area contributed by atoms with Gasteiger partial charge in [-0.05, 0) is 12.2 Å². The van der Waals surface area contributed by atoms with Crippen molar-refractivity contribution in [2.24, 2.45) is 0 Å². The first-order valence-corrected chi connectivity index (χ1v) is 25.1. The van der Waals surface area contributed by atoms with Crippen molar-refractivity contribution in [3.05, 3.63) is 0 Å². The van der Waals surface area contributed by atoms with E-state index >= 15 is 0 Å². The molecule has 0 radical (unpaired) electrons. The van der Waals surface area contributed by atoms with Gasteiger partial charge in [0.15, 0.2) is 0 Å². The lowest BCUT2D eigenvalue weighted by molar-refractivity contribution is -0.278. The first-order valence-electron chi connectivity index (χ1n) is 12.4. The number of hydrogen-bond acceptors (Lipinski definition) is 21. The predicted molar refractivity (Wildman–Crippen MR) is 201 cm³/mol. The Morgan fingerprint density at radius 2 is 0.907 bits per heavy atom. The molecule has 0 aromatic carbocycles. The van der Waals surface area contributed by atoms with E-state index in [1.807, 2.05) is 0 Å². The number of esters is 3. The van der Waals surface area contributed by atoms with E-state index in [0.29, 0.717) is 58.5 Å². The molecule has 0 bridgehead atoms. The van der Waals surface area contributed by atoms with Gasteiger partial charge in [-0.15, -0.1) is 118 Å². The normalized spacial score (nSPS) is 11.0. The van der Waals surface area contributed by atoms with Gasteiger partial charge in [0, 0.05) is 36.3 Å². The third kappa shape index (κ3) is 38.4. The van der Waals surface area contributed by atoms with Crippen molar-refractivity contribution < 1.29 is 48.6 Å². The second kappa shape index (κ2) is 38.5. The number of thioether (sulfide) groups is 11. The summed E-state index contributed by atoms with van der Waals surface area (Å²) in [6.07, 6.45) is 0.884. The Hall–Kier alpha value is 2.10. The van der Waals surface area contributed by atoms with Crippen molar-refractivity contribution in [2.75, 3.05) is 102 Å². The minimum atomic E-state index is -0.244. The van der Waals surface area contributed by atoms with Gasteiger partial charge in [0.2, 0.25) is 0 Å². The largest absolute Gasteiger partial charge is 0.464 e. The molecule has 0 aromatic heterocycles. The molecule has 2 N–H and O–H groups in total. The number of carbonyl (C=O) groups excluding carboxylic acids is 3. The number of carbonyl (C=O) groups is 3. The fourth-order valence-electron chi connectivity index (χ4n) is 1.96. The van der Waals surface area contributed by atoms with E-state index in [9.17, 15) is 14.4 Å². The molecule has 10 nitrogen and oxygen atoms in total. The van der Waals surface area contributed by atoms with Gasteiger partial charge in [-0.3, -0.25) is 14.4 Å². The average molecular weight is 817 g/mol. The summed E-state index contributed by atoms with van der Waals surface area (Å²) in [7, 11) is 0. The molecule has 0 amide bonds. The van der Waals surface area contributed by atoms with Gasteiger partial charge >= 0.3 is 17.9 Å². The topological polar surface area (TPSA) is 138 Å². The van der Waals surface area contributed by atoms with Crippen molar-refractivity contribution in [1.82, 2.24) is 0 Å². The quantitative estimate of drug-likeness (QED) is 0.0210. The lowest BCUT2D eigenvalue weighted by atomic mass is 10.5. The van der Waals surface area contributed by atoms with E-state index in [1.165, 1.54) is 82.3 Å². The Morgan fingerprint density at radius 1 is 0.442 bits per heavy atom. The van der Waals surface area contributed by atoms with Crippen LogP contribution in [0.15, 0.2) is 0 Å². The number of rotatable bonds is 34. The highest BCUT2D eigenvalue weighted by molar-refractivity contribution is 8.23. The Bertz CT molecular complexity index is 659. The first kappa shape index (κ1) is 45.1. The maximum absolute atomic E-state index is 11.8. The first-order chi connectivity index (χ1) is 21.1. The van der Waals surface area contributed by atoms with Crippen LogP contribution < -0.4 is 0 Å². The van der Waals surface area contributed by atoms with Crippen LogP contribution in [0.1, 0.15) is 6.42 Å². The Balaban J connectivity index is 3.24. The van der Waals surface area contributed by atoms with Crippen LogP contribution in [0, 0.1) is 0 Å². The fourth-order valence-corrected chi connectivity index (χ4v) is 10.9. The molecule has 0 fully saturated rings. The van der Waals surface area contributed by atoms with Crippen molar-refractivity contribution in [2.45, 2.75) is 6.42 Å². The van der Waals surface area contributed by atoms with Crippen molar-refractivity contribution in [3.63, 3.8) is 0 Å². The Morgan fingerprint density at radius 3 is 1.51 bits per heavy atom. The molecular weight excluding hydrogens is 777 g/mol. The van der Waals surface area contributed by atoms with Crippen LogP contribution in [0.4, 0.5) is 0 Å². The molecule has 21 heteroatoms. The zero-order valence-corrected chi connectivity index (χ0v) is 32.6. The average Bonchev–Trinajstić information content (AvgIpc) is 3.00. The van der Waals surface area contributed by atoms with E-state index in [-0.39, 0.29) is 29.8 Å². The van der Waals surface area contributed by atoms with Crippen LogP contribution in [0.2, 0.25) is 0 Å². The standard InChI is InChI=1S/C22H40O10S11/c23-9-38-15-35-6-20(25)28-3-5-34-14-33-4-1-2-31-32-13-42-19-41-12-30-22(27)8-37-17-43-16-36-7-21(26)29-11-40-18-39-10-24/h23-24H,1-19H2. The summed E-state index contributed by atoms with van der Waals surface area (Å²) >= 11 is 16.8. The van der Waals surface area contributed by atoms with Crippen LogP contribution >= 0.6 is 129 Å². The summed E-state index contributed by atoms with van der Waals surface area (Å²) in [6.45, 7) is 0.946. The molecule has 0 heterocycles. The van der Waals surface area contributed by atoms with Gasteiger partial charge in [-0.2, -0.15) is 11.8 Å². The van der Waals surface area contributed by atoms with E-state index in [0.717, 1.165) is 38.3 Å². The van der Waals surface area contributed by atoms with E-state index in [2.05, 4.69) is 0 Å². The summed E-state index contributed by atoms with van der Waals surface area (Å²) in [6, 6.07) is 0. The summed E-state index contributed by atoms with van der Waals surface area (Å²) in [5.41, 5.74) is 0. The number of ether oxygens (including phenoxy) is 3. The predicted octanol–water partition coefficient (Wildman–Crippen LogP) is 5.54. The fraction of sp³-hybridized carbons (Fsp3) is 0.864. The molecule has 254 valence electrons. The maximum Gasteiger partial charge on any atom is 0.316 e. The SMILES string of the molecule is O=C(CSCSCO)OCCSCSCCCOOCSCSCOC(=O)CSCSCSCC(=O)OCSCSCO. The number of aliphatic hydroxyl groups excluding tert-OH is 2. The van der Waals surface area contributed by atoms with Crippen LogP contribution in [0.5, 0.6) is 0 Å². The summed E-state index contributed by atoms with van der Waals surface area (Å²) < 4.78 is 15.4. The minimum Gasteiger partial charge on any atom is -0.464 e. The molecule has 0 atom stereocenters. The monoisotopic (exact) mass is 816 g/mol. The summed E-state index contributed by atoms with van der Waals surface area (Å²) in [4.78, 5) is 45.1. The zero-order chi connectivity index (χ0) is 31.5. The van der Waals surface area contributed by atoms with Crippen LogP contribution in [-0.2, 0) is 38.4 Å². The van der Waals surface area contributed by atoms with Crippen molar-refractivity contribution in [3.8, 4) is 0 Å². The van der Waals surface area contributed by atoms with Crippen LogP contribution in [0.25, 0.3) is 0 Å². The van der Waals surface area contributed by atoms with E-state index < -0.39 is 0 Å². The molecule has 0 rings (SSSR count). The van der Waals surface area contributed by atoms with E-state index in [4.69, 9.17) is 34.2 Å². The smallest absolute Gasteiger partial charge is 0.316 e. The molecule has 0 saturated heterocycles. The highest BCUT2D eigenvalue weighted by Crippen LogP contribution is 2.19. The Kier molecular flexibility index (Phi) is 40.4. The lowest BCUT2D eigenvalue weighted by Crippen LogP contribution is -2.10. The van der Waals surface area contributed by atoms with Crippen LogP contribution in [0.3, 0.4) is 0 Å². The van der Waals surface area contributed by atoms with Gasteiger partial charge in [-0.1, -0.05) is 0 Å². The van der Waals surface area contributed by atoms with Gasteiger partial charge in [0.1, 0.15) is 24.4 Å². The molecule has 43 heavy (non-hydrogen) atoms. The number of aliphatic hydroxyl groups is 2. The van der Waals surface area contributed by atoms with Gasteiger partial charge in [-0.25, -0.2) is 9.78 Å². The van der Waals surface area contributed by atoms with Crippen molar-refractivity contribution >= 4 is 147 Å². The summed E-state index contributed by atoms with van der Waals surface area (Å²) in [5, 5.41) is 21.8. The summed E-state index contributed by atoms with van der Waals surface area (Å²) in [5.74, 6) is 3.10. The Labute approximate surface area is 301 Å². The van der Waals surface area contributed by atoms with Gasteiger partial charge in [0.05, 0.1) is 35.7 Å². The van der Waals surface area contributed by atoms with E-state index in [1.54, 1.807) is 47.0 Å². The van der Waals surface area contributed by atoms with Crippen LogP contribution in [-0.4, -0.2) is 130 Å². The molecule has 0 saturated carbocycles. The van der Waals surface area contributed by atoms with Crippen molar-refractivity contribution in [1.29, 1.82) is 0 Å². The molecule has 0 aliphatic carbocycles. The maximum atomic E-state index is 11.8. The molecule has 0 aliphatic heterocycles. The zero-order valence-electron chi connectivity index (χ0n) is 23.6. The highest BCUT2D eigenvalue weighted by Gasteiger charge is 2.06. The van der Waals surface area contributed by atoms with Gasteiger partial charge in [0.25, 0.3) is 0 Å².